The number of methoxy groups -OCH3 is 1. The van der Waals surface area contributed by atoms with E-state index in [0.29, 0.717) is 17.9 Å². The van der Waals surface area contributed by atoms with Crippen molar-refractivity contribution >= 4 is 5.91 Å². The molecule has 0 aromatic heterocycles. The number of rotatable bonds is 6. The van der Waals surface area contributed by atoms with Gasteiger partial charge in [-0.05, 0) is 38.4 Å². The molecule has 1 rings (SSSR count). The summed E-state index contributed by atoms with van der Waals surface area (Å²) in [5.41, 5.74) is 6.00. The number of ether oxygens (including phenoxy) is 1. The lowest BCUT2D eigenvalue weighted by Gasteiger charge is -2.14. The van der Waals surface area contributed by atoms with Crippen LogP contribution in [0.5, 0.6) is 5.75 Å². The van der Waals surface area contributed by atoms with E-state index in [2.05, 4.69) is 5.32 Å². The van der Waals surface area contributed by atoms with Crippen LogP contribution in [0.25, 0.3) is 0 Å². The Morgan fingerprint density at radius 3 is 2.82 bits per heavy atom. The van der Waals surface area contributed by atoms with Crippen LogP contribution in [-0.2, 0) is 0 Å². The SMILES string of the molecule is COc1ccccc1C(=O)NC(C)CCCN. The average Bonchev–Trinajstić information content (AvgIpc) is 2.36. The molecule has 0 bridgehead atoms. The minimum atomic E-state index is -0.105. The molecule has 1 amide bonds. The molecule has 1 aromatic rings. The van der Waals surface area contributed by atoms with Crippen molar-refractivity contribution in [3.05, 3.63) is 29.8 Å². The van der Waals surface area contributed by atoms with Crippen LogP contribution in [0.4, 0.5) is 0 Å². The van der Waals surface area contributed by atoms with E-state index < -0.39 is 0 Å². The molecule has 0 aliphatic carbocycles. The first-order valence-corrected chi connectivity index (χ1v) is 5.83. The molecule has 0 aliphatic rings. The van der Waals surface area contributed by atoms with Crippen molar-refractivity contribution in [2.24, 2.45) is 5.73 Å². The molecule has 4 heteroatoms. The van der Waals surface area contributed by atoms with Gasteiger partial charge in [-0.3, -0.25) is 4.79 Å². The van der Waals surface area contributed by atoms with Crippen LogP contribution < -0.4 is 15.8 Å². The van der Waals surface area contributed by atoms with Crippen molar-refractivity contribution in [1.29, 1.82) is 0 Å². The Labute approximate surface area is 102 Å². The third-order valence-corrected chi connectivity index (χ3v) is 2.57. The van der Waals surface area contributed by atoms with E-state index in [1.807, 2.05) is 19.1 Å². The van der Waals surface area contributed by atoms with Crippen molar-refractivity contribution in [3.8, 4) is 5.75 Å². The van der Waals surface area contributed by atoms with Gasteiger partial charge >= 0.3 is 0 Å². The van der Waals surface area contributed by atoms with E-state index in [9.17, 15) is 4.79 Å². The summed E-state index contributed by atoms with van der Waals surface area (Å²) in [5, 5.41) is 2.93. The molecule has 0 saturated heterocycles. The highest BCUT2D eigenvalue weighted by Gasteiger charge is 2.13. The van der Waals surface area contributed by atoms with Gasteiger partial charge in [0.2, 0.25) is 0 Å². The molecule has 0 spiro atoms. The van der Waals surface area contributed by atoms with Crippen LogP contribution >= 0.6 is 0 Å². The highest BCUT2D eigenvalue weighted by atomic mass is 16.5. The fourth-order valence-corrected chi connectivity index (χ4v) is 1.63. The molecule has 4 nitrogen and oxygen atoms in total. The minimum absolute atomic E-state index is 0.105. The van der Waals surface area contributed by atoms with Gasteiger partial charge in [-0.1, -0.05) is 12.1 Å². The van der Waals surface area contributed by atoms with E-state index in [1.165, 1.54) is 0 Å². The molecular formula is C13H20N2O2. The molecule has 0 saturated carbocycles. The lowest BCUT2D eigenvalue weighted by Crippen LogP contribution is -2.33. The maximum Gasteiger partial charge on any atom is 0.255 e. The highest BCUT2D eigenvalue weighted by molar-refractivity contribution is 5.97. The molecule has 1 aromatic carbocycles. The molecule has 0 fully saturated rings. The molecule has 3 N–H and O–H groups in total. The Hall–Kier alpha value is -1.55. The smallest absolute Gasteiger partial charge is 0.255 e. The van der Waals surface area contributed by atoms with Gasteiger partial charge in [-0.2, -0.15) is 0 Å². The van der Waals surface area contributed by atoms with Crippen LogP contribution in [0, 0.1) is 0 Å². The maximum absolute atomic E-state index is 12.0. The zero-order valence-corrected chi connectivity index (χ0v) is 10.4. The number of benzene rings is 1. The van der Waals surface area contributed by atoms with Crippen molar-refractivity contribution < 1.29 is 9.53 Å². The summed E-state index contributed by atoms with van der Waals surface area (Å²) in [5.74, 6) is 0.489. The number of nitrogens with one attached hydrogen (secondary N) is 1. The van der Waals surface area contributed by atoms with Crippen LogP contribution in [-0.4, -0.2) is 25.6 Å². The number of hydrogen-bond donors (Lipinski definition) is 2. The summed E-state index contributed by atoms with van der Waals surface area (Å²) in [4.78, 5) is 12.0. The molecule has 1 atom stereocenters. The first-order chi connectivity index (χ1) is 8.19. The molecule has 17 heavy (non-hydrogen) atoms. The van der Waals surface area contributed by atoms with Gasteiger partial charge < -0.3 is 15.8 Å². The molecule has 0 aliphatic heterocycles. The molecule has 0 heterocycles. The molecule has 94 valence electrons. The van der Waals surface area contributed by atoms with Gasteiger partial charge in [0.25, 0.3) is 5.91 Å². The fourth-order valence-electron chi connectivity index (χ4n) is 1.63. The first kappa shape index (κ1) is 13.5. The van der Waals surface area contributed by atoms with Gasteiger partial charge in [-0.25, -0.2) is 0 Å². The van der Waals surface area contributed by atoms with Crippen LogP contribution in [0.2, 0.25) is 0 Å². The van der Waals surface area contributed by atoms with Crippen LogP contribution in [0.3, 0.4) is 0 Å². The third kappa shape index (κ3) is 4.07. The van der Waals surface area contributed by atoms with Crippen LogP contribution in [0.1, 0.15) is 30.1 Å². The zero-order chi connectivity index (χ0) is 12.7. The Kier molecular flexibility index (Phi) is 5.49. The van der Waals surface area contributed by atoms with E-state index in [0.717, 1.165) is 12.8 Å². The number of nitrogens with two attached hydrogens (primary N) is 1. The number of hydrogen-bond acceptors (Lipinski definition) is 3. The van der Waals surface area contributed by atoms with Gasteiger partial charge in [0.15, 0.2) is 0 Å². The summed E-state index contributed by atoms with van der Waals surface area (Å²) in [6.07, 6.45) is 1.80. The van der Waals surface area contributed by atoms with Crippen molar-refractivity contribution in [2.75, 3.05) is 13.7 Å². The lowest BCUT2D eigenvalue weighted by atomic mass is 10.1. The van der Waals surface area contributed by atoms with Gasteiger partial charge in [0.05, 0.1) is 12.7 Å². The second-order valence-electron chi connectivity index (χ2n) is 4.01. The first-order valence-electron chi connectivity index (χ1n) is 5.83. The minimum Gasteiger partial charge on any atom is -0.496 e. The van der Waals surface area contributed by atoms with Gasteiger partial charge in [-0.15, -0.1) is 0 Å². The normalized spacial score (nSPS) is 11.9. The molecular weight excluding hydrogens is 216 g/mol. The van der Waals surface area contributed by atoms with Crippen LogP contribution in [0.15, 0.2) is 24.3 Å². The Bertz CT molecular complexity index is 366. The Morgan fingerprint density at radius 2 is 2.18 bits per heavy atom. The topological polar surface area (TPSA) is 64.3 Å². The Balaban J connectivity index is 2.63. The number of amides is 1. The van der Waals surface area contributed by atoms with Crippen molar-refractivity contribution in [2.45, 2.75) is 25.8 Å². The van der Waals surface area contributed by atoms with E-state index in [4.69, 9.17) is 10.5 Å². The average molecular weight is 236 g/mol. The van der Waals surface area contributed by atoms with Crippen molar-refractivity contribution in [1.82, 2.24) is 5.32 Å². The Morgan fingerprint density at radius 1 is 1.47 bits per heavy atom. The summed E-state index contributed by atoms with van der Waals surface area (Å²) in [6, 6.07) is 7.31. The second-order valence-corrected chi connectivity index (χ2v) is 4.01. The number of para-hydroxylation sites is 1. The fraction of sp³-hybridized carbons (Fsp3) is 0.462. The summed E-state index contributed by atoms with van der Waals surface area (Å²) in [6.45, 7) is 2.62. The van der Waals surface area contributed by atoms with Gasteiger partial charge in [0.1, 0.15) is 5.75 Å². The second kappa shape index (κ2) is 6.91. The summed E-state index contributed by atoms with van der Waals surface area (Å²) < 4.78 is 5.15. The zero-order valence-electron chi connectivity index (χ0n) is 10.4. The monoisotopic (exact) mass is 236 g/mol. The maximum atomic E-state index is 12.0. The van der Waals surface area contributed by atoms with Gasteiger partial charge in [0, 0.05) is 6.04 Å². The largest absolute Gasteiger partial charge is 0.496 e. The number of carbonyl (C=O) groups excluding carboxylic acids is 1. The predicted molar refractivity (Wildman–Crippen MR) is 68.2 cm³/mol. The van der Waals surface area contributed by atoms with E-state index in [1.54, 1.807) is 19.2 Å². The van der Waals surface area contributed by atoms with Crippen molar-refractivity contribution in [3.63, 3.8) is 0 Å². The molecule has 0 radical (unpaired) electrons. The highest BCUT2D eigenvalue weighted by Crippen LogP contribution is 2.17. The lowest BCUT2D eigenvalue weighted by molar-refractivity contribution is 0.0935. The predicted octanol–water partition coefficient (Wildman–Crippen LogP) is 1.55. The quantitative estimate of drug-likeness (QED) is 0.787. The molecule has 1 unspecified atom stereocenters. The van der Waals surface area contributed by atoms with E-state index in [-0.39, 0.29) is 11.9 Å². The summed E-state index contributed by atoms with van der Waals surface area (Å²) >= 11 is 0. The number of carbonyl (C=O) groups is 1. The standard InChI is InChI=1S/C13H20N2O2/c1-10(6-5-9-14)15-13(16)11-7-3-4-8-12(11)17-2/h3-4,7-8,10H,5-6,9,14H2,1-2H3,(H,15,16). The third-order valence-electron chi connectivity index (χ3n) is 2.57. The summed E-state index contributed by atoms with van der Waals surface area (Å²) in [7, 11) is 1.56. The van der Waals surface area contributed by atoms with E-state index >= 15 is 0 Å².